The summed E-state index contributed by atoms with van der Waals surface area (Å²) >= 11 is 0. The fourth-order valence-corrected chi connectivity index (χ4v) is 2.77. The van der Waals surface area contributed by atoms with Gasteiger partial charge in [-0.05, 0) is 37.5 Å². The number of nitrogens with one attached hydrogen (secondary N) is 1. The third-order valence-electron chi connectivity index (χ3n) is 4.05. The molecular formula is C17H28N2O2. The summed E-state index contributed by atoms with van der Waals surface area (Å²) < 4.78 is 5.54. The van der Waals surface area contributed by atoms with E-state index < -0.39 is 6.10 Å². The van der Waals surface area contributed by atoms with Gasteiger partial charge in [-0.25, -0.2) is 0 Å². The molecular weight excluding hydrogens is 264 g/mol. The molecule has 0 amide bonds. The standard InChI is InChI=1S/C17H28N2O2/c1-2-19-9-8-16(12-19)10-18-11-17(20)14-21-13-15-6-4-3-5-7-15/h3-7,16-18,20H,2,8-14H2,1H3. The van der Waals surface area contributed by atoms with Crippen LogP contribution in [-0.2, 0) is 11.3 Å². The van der Waals surface area contributed by atoms with Crippen molar-refractivity contribution in [1.29, 1.82) is 0 Å². The highest BCUT2D eigenvalue weighted by atomic mass is 16.5. The lowest BCUT2D eigenvalue weighted by atomic mass is 10.1. The maximum Gasteiger partial charge on any atom is 0.0897 e. The molecule has 1 aromatic rings. The molecule has 0 spiro atoms. The Balaban J connectivity index is 1.51. The van der Waals surface area contributed by atoms with E-state index in [0.29, 0.717) is 19.8 Å². The summed E-state index contributed by atoms with van der Waals surface area (Å²) in [7, 11) is 0. The minimum atomic E-state index is -0.433. The molecule has 0 aliphatic carbocycles. The molecule has 4 nitrogen and oxygen atoms in total. The predicted molar refractivity (Wildman–Crippen MR) is 85.2 cm³/mol. The first kappa shape index (κ1) is 16.4. The summed E-state index contributed by atoms with van der Waals surface area (Å²) in [6.07, 6.45) is 0.832. The van der Waals surface area contributed by atoms with Crippen LogP contribution in [0.3, 0.4) is 0 Å². The number of nitrogens with zero attached hydrogens (tertiary/aromatic N) is 1. The summed E-state index contributed by atoms with van der Waals surface area (Å²) in [4.78, 5) is 2.48. The van der Waals surface area contributed by atoms with E-state index in [1.54, 1.807) is 0 Å². The van der Waals surface area contributed by atoms with Gasteiger partial charge in [0, 0.05) is 13.1 Å². The molecule has 2 rings (SSSR count). The highest BCUT2D eigenvalue weighted by molar-refractivity contribution is 5.13. The molecule has 21 heavy (non-hydrogen) atoms. The monoisotopic (exact) mass is 292 g/mol. The van der Waals surface area contributed by atoms with E-state index in [1.165, 1.54) is 19.5 Å². The van der Waals surface area contributed by atoms with Crippen LogP contribution in [0.15, 0.2) is 30.3 Å². The van der Waals surface area contributed by atoms with Crippen LogP contribution < -0.4 is 5.32 Å². The third-order valence-corrected chi connectivity index (χ3v) is 4.05. The largest absolute Gasteiger partial charge is 0.389 e. The molecule has 0 saturated carbocycles. The van der Waals surface area contributed by atoms with Crippen LogP contribution in [0.1, 0.15) is 18.9 Å². The Morgan fingerprint density at radius 3 is 2.90 bits per heavy atom. The number of benzene rings is 1. The Morgan fingerprint density at radius 2 is 2.19 bits per heavy atom. The van der Waals surface area contributed by atoms with Gasteiger partial charge < -0.3 is 20.1 Å². The Hall–Kier alpha value is -0.940. The van der Waals surface area contributed by atoms with E-state index in [0.717, 1.165) is 24.6 Å². The summed E-state index contributed by atoms with van der Waals surface area (Å²) in [5.74, 6) is 0.724. The molecule has 4 heteroatoms. The van der Waals surface area contributed by atoms with E-state index in [1.807, 2.05) is 30.3 Å². The normalized spacial score (nSPS) is 20.8. The lowest BCUT2D eigenvalue weighted by Crippen LogP contribution is -2.34. The number of hydrogen-bond acceptors (Lipinski definition) is 4. The van der Waals surface area contributed by atoms with Crippen molar-refractivity contribution in [2.45, 2.75) is 26.1 Å². The fraction of sp³-hybridized carbons (Fsp3) is 0.647. The van der Waals surface area contributed by atoms with Crippen LogP contribution in [0.5, 0.6) is 0 Å². The highest BCUT2D eigenvalue weighted by Crippen LogP contribution is 2.14. The maximum atomic E-state index is 9.90. The Kier molecular flexibility index (Phi) is 7.16. The number of rotatable bonds is 9. The lowest BCUT2D eigenvalue weighted by Gasteiger charge is -2.16. The van der Waals surface area contributed by atoms with Gasteiger partial charge in [-0.1, -0.05) is 37.3 Å². The molecule has 0 radical (unpaired) electrons. The number of hydrogen-bond donors (Lipinski definition) is 2. The minimum Gasteiger partial charge on any atom is -0.389 e. The van der Waals surface area contributed by atoms with Crippen molar-refractivity contribution >= 4 is 0 Å². The molecule has 2 N–H and O–H groups in total. The zero-order valence-electron chi connectivity index (χ0n) is 13.0. The highest BCUT2D eigenvalue weighted by Gasteiger charge is 2.20. The summed E-state index contributed by atoms with van der Waals surface area (Å²) in [6.45, 7) is 8.30. The van der Waals surface area contributed by atoms with Crippen molar-refractivity contribution in [3.05, 3.63) is 35.9 Å². The lowest BCUT2D eigenvalue weighted by molar-refractivity contribution is 0.0285. The van der Waals surface area contributed by atoms with Crippen LogP contribution in [0, 0.1) is 5.92 Å². The van der Waals surface area contributed by atoms with Gasteiger partial charge in [-0.2, -0.15) is 0 Å². The van der Waals surface area contributed by atoms with Crippen LogP contribution >= 0.6 is 0 Å². The Labute approximate surface area is 128 Å². The minimum absolute atomic E-state index is 0.383. The molecule has 2 atom stereocenters. The molecule has 118 valence electrons. The molecule has 0 bridgehead atoms. The van der Waals surface area contributed by atoms with Crippen LogP contribution in [0.2, 0.25) is 0 Å². The molecule has 1 fully saturated rings. The number of aliphatic hydroxyl groups is 1. The predicted octanol–water partition coefficient (Wildman–Crippen LogP) is 1.50. The van der Waals surface area contributed by atoms with Gasteiger partial charge in [0.15, 0.2) is 0 Å². The number of aliphatic hydroxyl groups excluding tert-OH is 1. The van der Waals surface area contributed by atoms with Crippen molar-refractivity contribution in [2.24, 2.45) is 5.92 Å². The molecule has 0 aromatic heterocycles. The van der Waals surface area contributed by atoms with E-state index in [4.69, 9.17) is 4.74 Å². The summed E-state index contributed by atoms with van der Waals surface area (Å²) in [6, 6.07) is 10.1. The van der Waals surface area contributed by atoms with Crippen LogP contribution in [0.25, 0.3) is 0 Å². The van der Waals surface area contributed by atoms with Crippen molar-refractivity contribution in [3.8, 4) is 0 Å². The topological polar surface area (TPSA) is 44.7 Å². The van der Waals surface area contributed by atoms with Crippen molar-refractivity contribution < 1.29 is 9.84 Å². The number of likely N-dealkylation sites (tertiary alicyclic amines) is 1. The Morgan fingerprint density at radius 1 is 1.38 bits per heavy atom. The van der Waals surface area contributed by atoms with Crippen molar-refractivity contribution in [1.82, 2.24) is 10.2 Å². The van der Waals surface area contributed by atoms with Crippen molar-refractivity contribution in [2.75, 3.05) is 39.3 Å². The number of ether oxygens (including phenoxy) is 1. The second-order valence-corrected chi connectivity index (χ2v) is 5.86. The molecule has 1 heterocycles. The van der Waals surface area contributed by atoms with Gasteiger partial charge in [0.25, 0.3) is 0 Å². The first-order valence-electron chi connectivity index (χ1n) is 8.00. The van der Waals surface area contributed by atoms with Gasteiger partial charge in [0.1, 0.15) is 0 Å². The Bertz CT molecular complexity index is 386. The van der Waals surface area contributed by atoms with E-state index in [2.05, 4.69) is 17.1 Å². The smallest absolute Gasteiger partial charge is 0.0897 e. The van der Waals surface area contributed by atoms with E-state index in [-0.39, 0.29) is 0 Å². The van der Waals surface area contributed by atoms with Crippen LogP contribution in [0.4, 0.5) is 0 Å². The zero-order chi connectivity index (χ0) is 14.9. The van der Waals surface area contributed by atoms with Crippen molar-refractivity contribution in [3.63, 3.8) is 0 Å². The maximum absolute atomic E-state index is 9.90. The second-order valence-electron chi connectivity index (χ2n) is 5.86. The first-order chi connectivity index (χ1) is 10.3. The average molecular weight is 292 g/mol. The molecule has 1 saturated heterocycles. The molecule has 1 aromatic carbocycles. The summed E-state index contributed by atoms with van der Waals surface area (Å²) in [5, 5.41) is 13.3. The van der Waals surface area contributed by atoms with E-state index >= 15 is 0 Å². The zero-order valence-corrected chi connectivity index (χ0v) is 13.0. The first-order valence-corrected chi connectivity index (χ1v) is 8.00. The third kappa shape index (κ3) is 6.14. The van der Waals surface area contributed by atoms with Gasteiger partial charge in [-0.3, -0.25) is 0 Å². The van der Waals surface area contributed by atoms with Gasteiger partial charge in [0.2, 0.25) is 0 Å². The van der Waals surface area contributed by atoms with E-state index in [9.17, 15) is 5.11 Å². The van der Waals surface area contributed by atoms with Gasteiger partial charge >= 0.3 is 0 Å². The van der Waals surface area contributed by atoms with Gasteiger partial charge in [0.05, 0.1) is 19.3 Å². The quantitative estimate of drug-likeness (QED) is 0.724. The van der Waals surface area contributed by atoms with Gasteiger partial charge in [-0.15, -0.1) is 0 Å². The second kappa shape index (κ2) is 9.15. The molecule has 1 aliphatic heterocycles. The van der Waals surface area contributed by atoms with Crippen LogP contribution in [-0.4, -0.2) is 55.4 Å². The molecule has 1 aliphatic rings. The average Bonchev–Trinajstić information content (AvgIpc) is 2.96. The fourth-order valence-electron chi connectivity index (χ4n) is 2.77. The summed E-state index contributed by atoms with van der Waals surface area (Å²) in [5.41, 5.74) is 1.14. The molecule has 2 unspecified atom stereocenters. The SMILES string of the molecule is CCN1CCC(CNCC(O)COCc2ccccc2)C1.